The first-order chi connectivity index (χ1) is 11.7. The number of carbonyl (C=O) groups excluding carboxylic acids is 1. The minimum absolute atomic E-state index is 0.0403. The number of amides is 1. The molecule has 0 aliphatic carbocycles. The molecular weight excluding hydrogens is 302 g/mol. The molecule has 0 spiro atoms. The van der Waals surface area contributed by atoms with Crippen LogP contribution in [0.2, 0.25) is 0 Å². The number of pyridine rings is 1. The van der Waals surface area contributed by atoms with Gasteiger partial charge in [0.2, 0.25) is 0 Å². The van der Waals surface area contributed by atoms with Gasteiger partial charge in [-0.3, -0.25) is 14.7 Å². The molecule has 1 fully saturated rings. The van der Waals surface area contributed by atoms with Crippen molar-refractivity contribution in [3.05, 3.63) is 59.9 Å². The van der Waals surface area contributed by atoms with Gasteiger partial charge in [0, 0.05) is 37.6 Å². The standard InChI is InChI=1S/C19H23N3O2/c1-24-18-4-2-3-17(11-18)19(23)21-12-16-7-10-22(14-16)13-15-5-8-20-9-6-15/h2-6,8-9,11,16H,7,10,12-14H2,1H3,(H,21,23). The monoisotopic (exact) mass is 325 g/mol. The number of benzene rings is 1. The summed E-state index contributed by atoms with van der Waals surface area (Å²) < 4.78 is 5.16. The Bertz CT molecular complexity index is 675. The summed E-state index contributed by atoms with van der Waals surface area (Å²) >= 11 is 0. The molecule has 1 aromatic heterocycles. The van der Waals surface area contributed by atoms with Crippen LogP contribution in [0.25, 0.3) is 0 Å². The Kier molecular flexibility index (Phi) is 5.43. The third-order valence-electron chi connectivity index (χ3n) is 4.41. The van der Waals surface area contributed by atoms with Gasteiger partial charge in [0.05, 0.1) is 7.11 Å². The van der Waals surface area contributed by atoms with Crippen molar-refractivity contribution in [3.63, 3.8) is 0 Å². The summed E-state index contributed by atoms with van der Waals surface area (Å²) in [5, 5.41) is 3.05. The molecule has 0 radical (unpaired) electrons. The molecule has 1 atom stereocenters. The van der Waals surface area contributed by atoms with Crippen LogP contribution in [0.1, 0.15) is 22.3 Å². The van der Waals surface area contributed by atoms with Gasteiger partial charge in [-0.2, -0.15) is 0 Å². The van der Waals surface area contributed by atoms with Crippen molar-refractivity contribution in [2.75, 3.05) is 26.7 Å². The highest BCUT2D eigenvalue weighted by molar-refractivity contribution is 5.94. The Morgan fingerprint density at radius 3 is 2.96 bits per heavy atom. The highest BCUT2D eigenvalue weighted by Crippen LogP contribution is 2.18. The fraction of sp³-hybridized carbons (Fsp3) is 0.368. The van der Waals surface area contributed by atoms with Crippen molar-refractivity contribution < 1.29 is 9.53 Å². The number of nitrogens with one attached hydrogen (secondary N) is 1. The van der Waals surface area contributed by atoms with Crippen LogP contribution in [0.5, 0.6) is 5.75 Å². The summed E-state index contributed by atoms with van der Waals surface area (Å²) in [6.45, 7) is 3.74. The van der Waals surface area contributed by atoms with Crippen LogP contribution < -0.4 is 10.1 Å². The molecule has 1 amide bonds. The van der Waals surface area contributed by atoms with Crippen LogP contribution in [0, 0.1) is 5.92 Å². The van der Waals surface area contributed by atoms with E-state index in [4.69, 9.17) is 4.74 Å². The average molecular weight is 325 g/mol. The van der Waals surface area contributed by atoms with Crippen LogP contribution in [0.15, 0.2) is 48.8 Å². The van der Waals surface area contributed by atoms with E-state index in [-0.39, 0.29) is 5.91 Å². The second-order valence-electron chi connectivity index (χ2n) is 6.19. The molecule has 1 aliphatic rings. The number of aromatic nitrogens is 1. The lowest BCUT2D eigenvalue weighted by atomic mass is 10.1. The molecule has 5 heteroatoms. The number of hydrogen-bond donors (Lipinski definition) is 1. The number of hydrogen-bond acceptors (Lipinski definition) is 4. The number of likely N-dealkylation sites (tertiary alicyclic amines) is 1. The molecule has 1 aliphatic heterocycles. The number of ether oxygens (including phenoxy) is 1. The van der Waals surface area contributed by atoms with Gasteiger partial charge in [0.1, 0.15) is 5.75 Å². The lowest BCUT2D eigenvalue weighted by Crippen LogP contribution is -2.31. The second-order valence-corrected chi connectivity index (χ2v) is 6.19. The van der Waals surface area contributed by atoms with Crippen molar-refractivity contribution in [3.8, 4) is 5.75 Å². The summed E-state index contributed by atoms with van der Waals surface area (Å²) in [4.78, 5) is 18.7. The Hall–Kier alpha value is -2.40. The largest absolute Gasteiger partial charge is 0.497 e. The topological polar surface area (TPSA) is 54.5 Å². The predicted octanol–water partition coefficient (Wildman–Crippen LogP) is 2.34. The highest BCUT2D eigenvalue weighted by Gasteiger charge is 2.23. The van der Waals surface area contributed by atoms with E-state index < -0.39 is 0 Å². The van der Waals surface area contributed by atoms with E-state index in [1.807, 2.05) is 30.6 Å². The van der Waals surface area contributed by atoms with Gasteiger partial charge >= 0.3 is 0 Å². The normalized spacial score (nSPS) is 17.6. The van der Waals surface area contributed by atoms with E-state index in [0.29, 0.717) is 23.8 Å². The van der Waals surface area contributed by atoms with Crippen LogP contribution in [0.4, 0.5) is 0 Å². The first-order valence-electron chi connectivity index (χ1n) is 8.28. The van der Waals surface area contributed by atoms with Gasteiger partial charge in [-0.05, 0) is 54.8 Å². The van der Waals surface area contributed by atoms with E-state index in [0.717, 1.165) is 26.1 Å². The first kappa shape index (κ1) is 16.5. The van der Waals surface area contributed by atoms with E-state index in [1.165, 1.54) is 5.56 Å². The maximum atomic E-state index is 12.3. The zero-order chi connectivity index (χ0) is 16.8. The van der Waals surface area contributed by atoms with E-state index >= 15 is 0 Å². The molecular formula is C19H23N3O2. The lowest BCUT2D eigenvalue weighted by Gasteiger charge is -2.16. The van der Waals surface area contributed by atoms with Crippen LogP contribution in [-0.2, 0) is 6.54 Å². The number of nitrogens with zero attached hydrogens (tertiary/aromatic N) is 2. The molecule has 1 aromatic carbocycles. The number of methoxy groups -OCH3 is 1. The number of rotatable bonds is 6. The van der Waals surface area contributed by atoms with Gasteiger partial charge in [-0.1, -0.05) is 6.07 Å². The molecule has 1 unspecified atom stereocenters. The SMILES string of the molecule is COc1cccc(C(=O)NCC2CCN(Cc3ccncc3)C2)c1. The van der Waals surface area contributed by atoms with Crippen molar-refractivity contribution in [2.24, 2.45) is 5.92 Å². The molecule has 0 saturated carbocycles. The van der Waals surface area contributed by atoms with Gasteiger partial charge in [0.15, 0.2) is 0 Å². The Labute approximate surface area is 142 Å². The van der Waals surface area contributed by atoms with Gasteiger partial charge < -0.3 is 10.1 Å². The van der Waals surface area contributed by atoms with Crippen LogP contribution >= 0.6 is 0 Å². The van der Waals surface area contributed by atoms with Crippen LogP contribution in [0.3, 0.4) is 0 Å². The maximum Gasteiger partial charge on any atom is 0.251 e. The smallest absolute Gasteiger partial charge is 0.251 e. The van der Waals surface area contributed by atoms with Crippen LogP contribution in [-0.4, -0.2) is 42.5 Å². The van der Waals surface area contributed by atoms with Gasteiger partial charge in [-0.25, -0.2) is 0 Å². The summed E-state index contributed by atoms with van der Waals surface area (Å²) in [6.07, 6.45) is 4.78. The van der Waals surface area contributed by atoms with Crippen molar-refractivity contribution >= 4 is 5.91 Å². The molecule has 2 aromatic rings. The van der Waals surface area contributed by atoms with Crippen molar-refractivity contribution in [1.82, 2.24) is 15.2 Å². The minimum Gasteiger partial charge on any atom is -0.497 e. The molecule has 1 N–H and O–H groups in total. The summed E-state index contributed by atoms with van der Waals surface area (Å²) in [7, 11) is 1.60. The molecule has 3 rings (SSSR count). The zero-order valence-electron chi connectivity index (χ0n) is 13.9. The molecule has 5 nitrogen and oxygen atoms in total. The first-order valence-corrected chi connectivity index (χ1v) is 8.28. The van der Waals surface area contributed by atoms with Gasteiger partial charge in [0.25, 0.3) is 5.91 Å². The van der Waals surface area contributed by atoms with Crippen molar-refractivity contribution in [2.45, 2.75) is 13.0 Å². The lowest BCUT2D eigenvalue weighted by molar-refractivity contribution is 0.0947. The second kappa shape index (κ2) is 7.93. The van der Waals surface area contributed by atoms with E-state index in [2.05, 4.69) is 27.3 Å². The Balaban J connectivity index is 1.46. The highest BCUT2D eigenvalue weighted by atomic mass is 16.5. The summed E-state index contributed by atoms with van der Waals surface area (Å²) in [5.41, 5.74) is 1.92. The zero-order valence-corrected chi connectivity index (χ0v) is 13.9. The number of carbonyl (C=O) groups is 1. The molecule has 0 bridgehead atoms. The maximum absolute atomic E-state index is 12.3. The predicted molar refractivity (Wildman–Crippen MR) is 92.9 cm³/mol. The van der Waals surface area contributed by atoms with Gasteiger partial charge in [-0.15, -0.1) is 0 Å². The Morgan fingerprint density at radius 2 is 2.17 bits per heavy atom. The Morgan fingerprint density at radius 1 is 1.33 bits per heavy atom. The molecule has 126 valence electrons. The fourth-order valence-electron chi connectivity index (χ4n) is 3.07. The fourth-order valence-corrected chi connectivity index (χ4v) is 3.07. The molecule has 1 saturated heterocycles. The average Bonchev–Trinajstić information content (AvgIpc) is 3.08. The third-order valence-corrected chi connectivity index (χ3v) is 4.41. The van der Waals surface area contributed by atoms with Crippen molar-refractivity contribution in [1.29, 1.82) is 0 Å². The quantitative estimate of drug-likeness (QED) is 0.886. The van der Waals surface area contributed by atoms with E-state index in [9.17, 15) is 4.79 Å². The van der Waals surface area contributed by atoms with E-state index in [1.54, 1.807) is 13.2 Å². The minimum atomic E-state index is -0.0403. The summed E-state index contributed by atoms with van der Waals surface area (Å²) in [6, 6.07) is 11.3. The molecule has 2 heterocycles. The third kappa shape index (κ3) is 4.32. The molecule has 24 heavy (non-hydrogen) atoms. The summed E-state index contributed by atoms with van der Waals surface area (Å²) in [5.74, 6) is 1.16.